The highest BCUT2D eigenvalue weighted by Crippen LogP contribution is 2.24. The molecule has 6 heteroatoms. The van der Waals surface area contributed by atoms with Crippen molar-refractivity contribution < 1.29 is 4.74 Å². The number of nitrogens with zero attached hydrogens (tertiary/aromatic N) is 4. The van der Waals surface area contributed by atoms with Gasteiger partial charge in [0.15, 0.2) is 0 Å². The molecule has 0 aliphatic carbocycles. The SMILES string of the molecule is c1ccc(-c2nc(CN3CCO[C@@H](Cn4cccn4)C3)cs2)cc1. The fourth-order valence-electron chi connectivity index (χ4n) is 2.97. The number of hydrogen-bond acceptors (Lipinski definition) is 5. The number of hydrogen-bond donors (Lipinski definition) is 0. The lowest BCUT2D eigenvalue weighted by Crippen LogP contribution is -2.43. The van der Waals surface area contributed by atoms with Gasteiger partial charge >= 0.3 is 0 Å². The first-order valence-electron chi connectivity index (χ1n) is 8.18. The second-order valence-electron chi connectivity index (χ2n) is 5.97. The van der Waals surface area contributed by atoms with Crippen molar-refractivity contribution >= 4 is 11.3 Å². The van der Waals surface area contributed by atoms with Gasteiger partial charge in [-0.2, -0.15) is 5.10 Å². The Morgan fingerprint density at radius 2 is 2.12 bits per heavy atom. The first kappa shape index (κ1) is 15.5. The first-order valence-corrected chi connectivity index (χ1v) is 9.06. The lowest BCUT2D eigenvalue weighted by atomic mass is 10.2. The molecule has 4 rings (SSSR count). The predicted molar refractivity (Wildman–Crippen MR) is 94.8 cm³/mol. The smallest absolute Gasteiger partial charge is 0.123 e. The lowest BCUT2D eigenvalue weighted by molar-refractivity contribution is -0.0405. The van der Waals surface area contributed by atoms with Gasteiger partial charge in [0.2, 0.25) is 0 Å². The highest BCUT2D eigenvalue weighted by atomic mass is 32.1. The average molecular weight is 340 g/mol. The Morgan fingerprint density at radius 3 is 2.96 bits per heavy atom. The maximum absolute atomic E-state index is 5.87. The van der Waals surface area contributed by atoms with E-state index in [4.69, 9.17) is 9.72 Å². The number of rotatable bonds is 5. The Labute approximate surface area is 145 Å². The van der Waals surface area contributed by atoms with Crippen LogP contribution < -0.4 is 0 Å². The van der Waals surface area contributed by atoms with Crippen LogP contribution in [0.15, 0.2) is 54.2 Å². The van der Waals surface area contributed by atoms with E-state index in [0.29, 0.717) is 0 Å². The van der Waals surface area contributed by atoms with Crippen LogP contribution in [0.5, 0.6) is 0 Å². The zero-order chi connectivity index (χ0) is 16.2. The van der Waals surface area contributed by atoms with Crippen molar-refractivity contribution in [1.82, 2.24) is 19.7 Å². The minimum absolute atomic E-state index is 0.186. The summed E-state index contributed by atoms with van der Waals surface area (Å²) < 4.78 is 7.81. The van der Waals surface area contributed by atoms with Crippen LogP contribution in [0.1, 0.15) is 5.69 Å². The Morgan fingerprint density at radius 1 is 1.21 bits per heavy atom. The van der Waals surface area contributed by atoms with Crippen molar-refractivity contribution in [3.05, 3.63) is 59.9 Å². The van der Waals surface area contributed by atoms with E-state index in [2.05, 4.69) is 39.6 Å². The summed E-state index contributed by atoms with van der Waals surface area (Å²) >= 11 is 1.71. The van der Waals surface area contributed by atoms with Crippen LogP contribution in [0, 0.1) is 0 Å². The van der Waals surface area contributed by atoms with Gasteiger partial charge in [0.05, 0.1) is 24.9 Å². The molecule has 0 spiro atoms. The summed E-state index contributed by atoms with van der Waals surface area (Å²) in [6.45, 7) is 4.31. The molecule has 1 saturated heterocycles. The zero-order valence-electron chi connectivity index (χ0n) is 13.4. The van der Waals surface area contributed by atoms with E-state index >= 15 is 0 Å². The monoisotopic (exact) mass is 340 g/mol. The first-order chi connectivity index (χ1) is 11.9. The van der Waals surface area contributed by atoms with E-state index in [-0.39, 0.29) is 6.10 Å². The van der Waals surface area contributed by atoms with Gasteiger partial charge in [0.25, 0.3) is 0 Å². The molecule has 1 atom stereocenters. The third kappa shape index (κ3) is 3.72. The molecule has 124 valence electrons. The summed E-state index contributed by atoms with van der Waals surface area (Å²) in [7, 11) is 0. The minimum atomic E-state index is 0.186. The number of ether oxygens (including phenoxy) is 1. The van der Waals surface area contributed by atoms with E-state index in [1.165, 1.54) is 5.56 Å². The predicted octanol–water partition coefficient (Wildman–Crippen LogP) is 2.91. The second-order valence-corrected chi connectivity index (χ2v) is 6.82. The van der Waals surface area contributed by atoms with E-state index < -0.39 is 0 Å². The van der Waals surface area contributed by atoms with Crippen molar-refractivity contribution in [2.75, 3.05) is 19.7 Å². The fourth-order valence-corrected chi connectivity index (χ4v) is 3.79. The molecule has 2 aromatic heterocycles. The number of morpholine rings is 1. The van der Waals surface area contributed by atoms with Crippen LogP contribution in [0.2, 0.25) is 0 Å². The molecule has 0 unspecified atom stereocenters. The average Bonchev–Trinajstić information content (AvgIpc) is 3.28. The fraction of sp³-hybridized carbons (Fsp3) is 0.333. The molecule has 0 amide bonds. The molecule has 1 aliphatic heterocycles. The van der Waals surface area contributed by atoms with Crippen LogP contribution in [0.25, 0.3) is 10.6 Å². The van der Waals surface area contributed by atoms with Gasteiger partial charge in [-0.25, -0.2) is 4.98 Å². The summed E-state index contributed by atoms with van der Waals surface area (Å²) in [5.74, 6) is 0. The third-order valence-electron chi connectivity index (χ3n) is 4.13. The summed E-state index contributed by atoms with van der Waals surface area (Å²) in [6, 6.07) is 12.3. The normalized spacial score (nSPS) is 18.8. The Balaban J connectivity index is 1.37. The molecule has 0 radical (unpaired) electrons. The summed E-state index contributed by atoms with van der Waals surface area (Å²) in [4.78, 5) is 7.21. The maximum atomic E-state index is 5.87. The van der Waals surface area contributed by atoms with Crippen molar-refractivity contribution in [3.63, 3.8) is 0 Å². The molecule has 1 fully saturated rings. The van der Waals surface area contributed by atoms with Crippen molar-refractivity contribution in [3.8, 4) is 10.6 Å². The number of aromatic nitrogens is 3. The lowest BCUT2D eigenvalue weighted by Gasteiger charge is -2.32. The zero-order valence-corrected chi connectivity index (χ0v) is 14.2. The molecule has 3 aromatic rings. The molecule has 0 bridgehead atoms. The van der Waals surface area contributed by atoms with Crippen molar-refractivity contribution in [2.24, 2.45) is 0 Å². The molecule has 3 heterocycles. The largest absolute Gasteiger partial charge is 0.374 e. The molecule has 1 aliphatic rings. The quantitative estimate of drug-likeness (QED) is 0.716. The van der Waals surface area contributed by atoms with Gasteiger partial charge < -0.3 is 4.74 Å². The van der Waals surface area contributed by atoms with Gasteiger partial charge in [-0.15, -0.1) is 11.3 Å². The van der Waals surface area contributed by atoms with E-state index in [9.17, 15) is 0 Å². The third-order valence-corrected chi connectivity index (χ3v) is 5.07. The highest BCUT2D eigenvalue weighted by Gasteiger charge is 2.21. The minimum Gasteiger partial charge on any atom is -0.374 e. The molecule has 0 N–H and O–H groups in total. The van der Waals surface area contributed by atoms with Gasteiger partial charge in [-0.3, -0.25) is 9.58 Å². The Kier molecular flexibility index (Phi) is 4.69. The molecule has 24 heavy (non-hydrogen) atoms. The topological polar surface area (TPSA) is 43.2 Å². The van der Waals surface area contributed by atoms with E-state index in [0.717, 1.165) is 43.5 Å². The van der Waals surface area contributed by atoms with Crippen LogP contribution in [0.4, 0.5) is 0 Å². The van der Waals surface area contributed by atoms with Crippen molar-refractivity contribution in [2.45, 2.75) is 19.2 Å². The number of benzene rings is 1. The van der Waals surface area contributed by atoms with Gasteiger partial charge in [0, 0.05) is 43.0 Å². The van der Waals surface area contributed by atoms with Crippen LogP contribution in [-0.4, -0.2) is 45.5 Å². The Hall–Kier alpha value is -2.02. The second kappa shape index (κ2) is 7.25. The Bertz CT molecular complexity index is 756. The van der Waals surface area contributed by atoms with Crippen LogP contribution in [-0.2, 0) is 17.8 Å². The van der Waals surface area contributed by atoms with E-state index in [1.807, 2.05) is 23.0 Å². The summed E-state index contributed by atoms with van der Waals surface area (Å²) in [5.41, 5.74) is 2.32. The van der Waals surface area contributed by atoms with Crippen LogP contribution in [0.3, 0.4) is 0 Å². The van der Waals surface area contributed by atoms with Gasteiger partial charge in [0.1, 0.15) is 5.01 Å². The number of thiazole rings is 1. The van der Waals surface area contributed by atoms with Gasteiger partial charge in [-0.05, 0) is 6.07 Å². The molecular weight excluding hydrogens is 320 g/mol. The highest BCUT2D eigenvalue weighted by molar-refractivity contribution is 7.13. The molecule has 1 aromatic carbocycles. The van der Waals surface area contributed by atoms with Crippen LogP contribution >= 0.6 is 11.3 Å². The summed E-state index contributed by atoms with van der Waals surface area (Å²) in [6.07, 6.45) is 3.97. The maximum Gasteiger partial charge on any atom is 0.123 e. The summed E-state index contributed by atoms with van der Waals surface area (Å²) in [5, 5.41) is 7.52. The van der Waals surface area contributed by atoms with E-state index in [1.54, 1.807) is 17.5 Å². The van der Waals surface area contributed by atoms with Gasteiger partial charge in [-0.1, -0.05) is 30.3 Å². The molecular formula is C18H20N4OS. The molecule has 0 saturated carbocycles. The van der Waals surface area contributed by atoms with Crippen molar-refractivity contribution in [1.29, 1.82) is 0 Å². The molecule has 5 nitrogen and oxygen atoms in total. The standard InChI is InChI=1S/C18H20N4OS/c1-2-5-15(6-3-1)18-20-16(14-24-18)11-21-9-10-23-17(12-21)13-22-8-4-7-19-22/h1-8,14,17H,9-13H2/t17-/m1/s1.